The third-order valence-electron chi connectivity index (χ3n) is 5.22. The minimum atomic E-state index is -0.313. The first-order valence-electron chi connectivity index (χ1n) is 9.04. The lowest BCUT2D eigenvalue weighted by atomic mass is 9.85. The molecule has 0 radical (unpaired) electrons. The van der Waals surface area contributed by atoms with Gasteiger partial charge in [-0.2, -0.15) is 5.10 Å². The number of nitrogens with zero attached hydrogens (tertiary/aromatic N) is 1. The zero-order valence-electron chi connectivity index (χ0n) is 15.0. The lowest BCUT2D eigenvalue weighted by Crippen LogP contribution is -2.25. The van der Waals surface area contributed by atoms with Gasteiger partial charge in [0.2, 0.25) is 5.91 Å². The molecular formula is C23H19IN2O2. The highest BCUT2D eigenvalue weighted by Crippen LogP contribution is 2.58. The van der Waals surface area contributed by atoms with Crippen molar-refractivity contribution in [2.24, 2.45) is 11.0 Å². The molecule has 0 heterocycles. The third kappa shape index (κ3) is 3.54. The van der Waals surface area contributed by atoms with E-state index in [-0.39, 0.29) is 23.0 Å². The van der Waals surface area contributed by atoms with Crippen molar-refractivity contribution < 1.29 is 9.90 Å². The van der Waals surface area contributed by atoms with Crippen LogP contribution in [0.1, 0.15) is 23.1 Å². The number of hydrazone groups is 1. The van der Waals surface area contributed by atoms with E-state index in [0.717, 1.165) is 21.1 Å². The van der Waals surface area contributed by atoms with Gasteiger partial charge >= 0.3 is 0 Å². The lowest BCUT2D eigenvalue weighted by molar-refractivity contribution is -0.122. The number of phenols is 1. The number of amides is 1. The highest BCUT2D eigenvalue weighted by molar-refractivity contribution is 14.1. The summed E-state index contributed by atoms with van der Waals surface area (Å²) in [4.78, 5) is 12.8. The van der Waals surface area contributed by atoms with Crippen molar-refractivity contribution in [1.82, 2.24) is 5.43 Å². The van der Waals surface area contributed by atoms with Crippen LogP contribution in [0.25, 0.3) is 0 Å². The normalized spacial score (nSPS) is 17.4. The maximum Gasteiger partial charge on any atom is 0.244 e. The van der Waals surface area contributed by atoms with Gasteiger partial charge in [0.25, 0.3) is 0 Å². The van der Waals surface area contributed by atoms with Gasteiger partial charge < -0.3 is 5.11 Å². The van der Waals surface area contributed by atoms with Gasteiger partial charge in [0, 0.05) is 14.5 Å². The van der Waals surface area contributed by atoms with E-state index < -0.39 is 0 Å². The Morgan fingerprint density at radius 1 is 1.04 bits per heavy atom. The Labute approximate surface area is 177 Å². The van der Waals surface area contributed by atoms with Gasteiger partial charge in [-0.25, -0.2) is 5.43 Å². The fourth-order valence-corrected chi connectivity index (χ4v) is 4.24. The summed E-state index contributed by atoms with van der Waals surface area (Å²) in [6.45, 7) is 0. The van der Waals surface area contributed by atoms with Crippen molar-refractivity contribution in [1.29, 1.82) is 0 Å². The molecule has 1 fully saturated rings. The summed E-state index contributed by atoms with van der Waals surface area (Å²) in [6.07, 6.45) is 2.22. The first-order valence-corrected chi connectivity index (χ1v) is 10.1. The van der Waals surface area contributed by atoms with Crippen molar-refractivity contribution >= 4 is 34.7 Å². The molecule has 4 nitrogen and oxygen atoms in total. The van der Waals surface area contributed by atoms with Crippen LogP contribution in [0.3, 0.4) is 0 Å². The van der Waals surface area contributed by atoms with Gasteiger partial charge in [0.05, 0.1) is 12.1 Å². The molecule has 1 saturated carbocycles. The molecule has 1 aliphatic rings. The molecule has 3 aromatic rings. The van der Waals surface area contributed by atoms with Gasteiger partial charge in [0.1, 0.15) is 5.75 Å². The highest BCUT2D eigenvalue weighted by atomic mass is 127. The SMILES string of the molecule is O=C(NN=Cc1cc(I)ccc1O)C1CC1(c1ccccc1)c1ccccc1. The summed E-state index contributed by atoms with van der Waals surface area (Å²) in [7, 11) is 0. The van der Waals surface area contributed by atoms with E-state index in [2.05, 4.69) is 57.4 Å². The van der Waals surface area contributed by atoms with Crippen LogP contribution in [0.2, 0.25) is 0 Å². The van der Waals surface area contributed by atoms with Crippen molar-refractivity contribution in [3.05, 3.63) is 99.1 Å². The quantitative estimate of drug-likeness (QED) is 0.321. The van der Waals surface area contributed by atoms with Gasteiger partial charge in [-0.3, -0.25) is 4.79 Å². The predicted octanol–water partition coefficient (Wildman–Crippen LogP) is 4.45. The lowest BCUT2D eigenvalue weighted by Gasteiger charge is -2.18. The van der Waals surface area contributed by atoms with Crippen LogP contribution in [-0.4, -0.2) is 17.2 Å². The van der Waals surface area contributed by atoms with Crippen molar-refractivity contribution in [3.63, 3.8) is 0 Å². The minimum Gasteiger partial charge on any atom is -0.507 e. The van der Waals surface area contributed by atoms with Gasteiger partial charge in [-0.05, 0) is 58.3 Å². The Morgan fingerprint density at radius 3 is 2.25 bits per heavy atom. The summed E-state index contributed by atoms with van der Waals surface area (Å²) >= 11 is 2.17. The van der Waals surface area contributed by atoms with Crippen molar-refractivity contribution in [2.75, 3.05) is 0 Å². The molecule has 5 heteroatoms. The number of hydrogen-bond donors (Lipinski definition) is 2. The second kappa shape index (κ2) is 7.75. The minimum absolute atomic E-state index is 0.117. The molecule has 28 heavy (non-hydrogen) atoms. The number of phenolic OH excluding ortho intramolecular Hbond substituents is 1. The van der Waals surface area contributed by atoms with Crippen LogP contribution in [-0.2, 0) is 10.2 Å². The number of rotatable bonds is 5. The number of benzene rings is 3. The van der Waals surface area contributed by atoms with E-state index in [4.69, 9.17) is 0 Å². The van der Waals surface area contributed by atoms with Gasteiger partial charge in [-0.15, -0.1) is 0 Å². The molecule has 4 rings (SSSR count). The molecule has 1 amide bonds. The summed E-state index contributed by atoms with van der Waals surface area (Å²) < 4.78 is 0.984. The summed E-state index contributed by atoms with van der Waals surface area (Å²) in [5.41, 5.74) is 5.19. The largest absolute Gasteiger partial charge is 0.507 e. The van der Waals surface area contributed by atoms with Crippen molar-refractivity contribution in [2.45, 2.75) is 11.8 Å². The average molecular weight is 482 g/mol. The predicted molar refractivity (Wildman–Crippen MR) is 118 cm³/mol. The topological polar surface area (TPSA) is 61.7 Å². The number of hydrogen-bond acceptors (Lipinski definition) is 3. The molecule has 1 unspecified atom stereocenters. The summed E-state index contributed by atoms with van der Waals surface area (Å²) in [5.74, 6) is -0.166. The highest BCUT2D eigenvalue weighted by Gasteiger charge is 2.60. The smallest absolute Gasteiger partial charge is 0.244 e. The molecule has 1 atom stereocenters. The number of halogens is 1. The first kappa shape index (κ1) is 18.7. The van der Waals surface area contributed by atoms with Crippen LogP contribution in [0.15, 0.2) is 84.0 Å². The van der Waals surface area contributed by atoms with Crippen LogP contribution >= 0.6 is 22.6 Å². The number of nitrogens with one attached hydrogen (secondary N) is 1. The average Bonchev–Trinajstić information content (AvgIpc) is 3.49. The maximum atomic E-state index is 12.8. The molecule has 3 aromatic carbocycles. The monoisotopic (exact) mass is 482 g/mol. The Hall–Kier alpha value is -2.67. The van der Waals surface area contributed by atoms with Crippen molar-refractivity contribution in [3.8, 4) is 5.75 Å². The Bertz CT molecular complexity index is 980. The van der Waals surface area contributed by atoms with Crippen LogP contribution in [0, 0.1) is 9.49 Å². The molecule has 0 spiro atoms. The third-order valence-corrected chi connectivity index (χ3v) is 5.89. The molecule has 1 aliphatic carbocycles. The molecule has 0 saturated heterocycles. The maximum absolute atomic E-state index is 12.8. The van der Waals surface area contributed by atoms with E-state index in [1.807, 2.05) is 42.5 Å². The fraction of sp³-hybridized carbons (Fsp3) is 0.130. The second-order valence-electron chi connectivity index (χ2n) is 6.90. The van der Waals surface area contributed by atoms with E-state index in [0.29, 0.717) is 5.56 Å². The van der Waals surface area contributed by atoms with Gasteiger partial charge in [-0.1, -0.05) is 60.7 Å². The zero-order chi connectivity index (χ0) is 19.6. The Morgan fingerprint density at radius 2 is 1.64 bits per heavy atom. The fourth-order valence-electron chi connectivity index (χ4n) is 3.73. The number of carbonyl (C=O) groups is 1. The Kier molecular flexibility index (Phi) is 5.17. The zero-order valence-corrected chi connectivity index (χ0v) is 17.2. The van der Waals surface area contributed by atoms with Crippen LogP contribution in [0.4, 0.5) is 0 Å². The molecule has 140 valence electrons. The van der Waals surface area contributed by atoms with E-state index in [1.165, 1.54) is 6.21 Å². The molecule has 0 bridgehead atoms. The van der Waals surface area contributed by atoms with E-state index in [1.54, 1.807) is 12.1 Å². The molecule has 0 aromatic heterocycles. The second-order valence-corrected chi connectivity index (χ2v) is 8.14. The molecule has 0 aliphatic heterocycles. The standard InChI is InChI=1S/C23H19IN2O2/c24-19-11-12-21(27)16(13-19)15-25-26-22(28)20-14-23(20,17-7-3-1-4-8-17)18-9-5-2-6-10-18/h1-13,15,20,27H,14H2,(H,26,28). The Balaban J connectivity index is 1.55. The first-order chi connectivity index (χ1) is 13.6. The van der Waals surface area contributed by atoms with Crippen LogP contribution in [0.5, 0.6) is 5.75 Å². The van der Waals surface area contributed by atoms with Crippen LogP contribution < -0.4 is 5.43 Å². The van der Waals surface area contributed by atoms with E-state index >= 15 is 0 Å². The number of aromatic hydroxyl groups is 1. The summed E-state index contributed by atoms with van der Waals surface area (Å²) in [6, 6.07) is 25.5. The molecular weight excluding hydrogens is 463 g/mol. The summed E-state index contributed by atoms with van der Waals surface area (Å²) in [5, 5.41) is 14.0. The molecule has 2 N–H and O–H groups in total. The number of carbonyl (C=O) groups excluding carboxylic acids is 1. The van der Waals surface area contributed by atoms with Gasteiger partial charge in [0.15, 0.2) is 0 Å². The van der Waals surface area contributed by atoms with E-state index in [9.17, 15) is 9.90 Å².